The van der Waals surface area contributed by atoms with Crippen LogP contribution in [0.15, 0.2) is 12.2 Å². The summed E-state index contributed by atoms with van der Waals surface area (Å²) in [4.78, 5) is 22.4. The minimum atomic E-state index is -0.600. The standard InChI is InChI=1S/C11H16O5/c1-4-15-9(12)6-11(7-16-11)5-8(2)10(13)14-3/h2,4-7H2,1,3H3. The summed E-state index contributed by atoms with van der Waals surface area (Å²) in [5, 5.41) is 0. The molecule has 0 aromatic rings. The number of carbonyl (C=O) groups excluding carboxylic acids is 2. The van der Waals surface area contributed by atoms with Gasteiger partial charge < -0.3 is 14.2 Å². The molecule has 1 unspecified atom stereocenters. The fourth-order valence-electron chi connectivity index (χ4n) is 1.45. The molecule has 16 heavy (non-hydrogen) atoms. The summed E-state index contributed by atoms with van der Waals surface area (Å²) in [7, 11) is 1.29. The molecule has 0 saturated carbocycles. The van der Waals surface area contributed by atoms with Gasteiger partial charge in [-0.15, -0.1) is 0 Å². The molecule has 0 spiro atoms. The van der Waals surface area contributed by atoms with Crippen molar-refractivity contribution in [1.29, 1.82) is 0 Å². The van der Waals surface area contributed by atoms with E-state index in [0.717, 1.165) is 0 Å². The van der Waals surface area contributed by atoms with Crippen LogP contribution in [0.5, 0.6) is 0 Å². The third-order valence-corrected chi connectivity index (χ3v) is 2.33. The topological polar surface area (TPSA) is 65.1 Å². The number of esters is 2. The van der Waals surface area contributed by atoms with Crippen LogP contribution in [0.1, 0.15) is 19.8 Å². The Bertz CT molecular complexity index is 303. The highest BCUT2D eigenvalue weighted by atomic mass is 16.6. The van der Waals surface area contributed by atoms with Crippen LogP contribution in [0.4, 0.5) is 0 Å². The van der Waals surface area contributed by atoms with E-state index in [0.29, 0.717) is 25.2 Å². The number of epoxide rings is 1. The van der Waals surface area contributed by atoms with Crippen molar-refractivity contribution in [3.63, 3.8) is 0 Å². The number of carbonyl (C=O) groups is 2. The van der Waals surface area contributed by atoms with Crippen molar-refractivity contribution in [1.82, 2.24) is 0 Å². The zero-order chi connectivity index (χ0) is 12.2. The minimum absolute atomic E-state index is 0.150. The first-order valence-electron chi connectivity index (χ1n) is 5.08. The Labute approximate surface area is 94.4 Å². The van der Waals surface area contributed by atoms with Gasteiger partial charge in [-0.3, -0.25) is 4.79 Å². The van der Waals surface area contributed by atoms with Gasteiger partial charge in [0.1, 0.15) is 5.60 Å². The summed E-state index contributed by atoms with van der Waals surface area (Å²) in [6, 6.07) is 0. The average Bonchev–Trinajstić information content (AvgIpc) is 2.96. The second kappa shape index (κ2) is 5.12. The summed E-state index contributed by atoms with van der Waals surface area (Å²) < 4.78 is 14.6. The van der Waals surface area contributed by atoms with Crippen LogP contribution in [-0.2, 0) is 23.8 Å². The second-order valence-electron chi connectivity index (χ2n) is 3.73. The lowest BCUT2D eigenvalue weighted by molar-refractivity contribution is -0.145. The van der Waals surface area contributed by atoms with Crippen molar-refractivity contribution < 1.29 is 23.8 Å². The molecular formula is C11H16O5. The van der Waals surface area contributed by atoms with Crippen LogP contribution in [0.25, 0.3) is 0 Å². The highest BCUT2D eigenvalue weighted by Crippen LogP contribution is 2.37. The van der Waals surface area contributed by atoms with Crippen molar-refractivity contribution >= 4 is 11.9 Å². The molecule has 1 fully saturated rings. The summed E-state index contributed by atoms with van der Waals surface area (Å²) in [6.45, 7) is 6.13. The maximum Gasteiger partial charge on any atom is 0.333 e. The smallest absolute Gasteiger partial charge is 0.333 e. The Kier molecular flexibility index (Phi) is 4.06. The van der Waals surface area contributed by atoms with Gasteiger partial charge in [0.15, 0.2) is 0 Å². The first-order chi connectivity index (χ1) is 7.53. The first kappa shape index (κ1) is 12.7. The highest BCUT2D eigenvalue weighted by molar-refractivity contribution is 5.88. The number of hydrogen-bond donors (Lipinski definition) is 0. The summed E-state index contributed by atoms with van der Waals surface area (Å²) in [5.74, 6) is -0.795. The van der Waals surface area contributed by atoms with Crippen LogP contribution in [0.2, 0.25) is 0 Å². The quantitative estimate of drug-likeness (QED) is 0.382. The molecule has 0 aliphatic carbocycles. The Morgan fingerprint density at radius 3 is 2.50 bits per heavy atom. The maximum absolute atomic E-state index is 11.3. The van der Waals surface area contributed by atoms with Gasteiger partial charge in [0.05, 0.1) is 26.7 Å². The minimum Gasteiger partial charge on any atom is -0.466 e. The molecule has 5 nitrogen and oxygen atoms in total. The maximum atomic E-state index is 11.3. The summed E-state index contributed by atoms with van der Waals surface area (Å²) >= 11 is 0. The fraction of sp³-hybridized carbons (Fsp3) is 0.636. The van der Waals surface area contributed by atoms with Crippen LogP contribution in [-0.4, -0.2) is 37.9 Å². The van der Waals surface area contributed by atoms with Crippen molar-refractivity contribution in [2.45, 2.75) is 25.4 Å². The lowest BCUT2D eigenvalue weighted by Crippen LogP contribution is -2.21. The monoisotopic (exact) mass is 228 g/mol. The summed E-state index contributed by atoms with van der Waals surface area (Å²) in [6.07, 6.45) is 0.454. The number of ether oxygens (including phenoxy) is 3. The van der Waals surface area contributed by atoms with E-state index in [1.165, 1.54) is 7.11 Å². The normalized spacial score (nSPS) is 22.4. The van der Waals surface area contributed by atoms with E-state index in [4.69, 9.17) is 9.47 Å². The van der Waals surface area contributed by atoms with Gasteiger partial charge in [-0.05, 0) is 6.92 Å². The van der Waals surface area contributed by atoms with Crippen LogP contribution >= 0.6 is 0 Å². The molecule has 0 amide bonds. The van der Waals surface area contributed by atoms with Gasteiger partial charge in [-0.2, -0.15) is 0 Å². The van der Waals surface area contributed by atoms with E-state index in [2.05, 4.69) is 11.3 Å². The third kappa shape index (κ3) is 3.34. The molecule has 0 aromatic heterocycles. The molecule has 1 heterocycles. The van der Waals surface area contributed by atoms with E-state index >= 15 is 0 Å². The molecule has 0 bridgehead atoms. The van der Waals surface area contributed by atoms with E-state index in [1.807, 2.05) is 0 Å². The molecular weight excluding hydrogens is 212 g/mol. The van der Waals surface area contributed by atoms with Gasteiger partial charge in [0, 0.05) is 12.0 Å². The molecule has 1 atom stereocenters. The Balaban J connectivity index is 2.44. The van der Waals surface area contributed by atoms with Gasteiger partial charge in [-0.1, -0.05) is 6.58 Å². The first-order valence-corrected chi connectivity index (χ1v) is 5.08. The predicted molar refractivity (Wildman–Crippen MR) is 55.7 cm³/mol. The average molecular weight is 228 g/mol. The van der Waals surface area contributed by atoms with Gasteiger partial charge in [-0.25, -0.2) is 4.79 Å². The van der Waals surface area contributed by atoms with E-state index in [1.54, 1.807) is 6.92 Å². The molecule has 0 aromatic carbocycles. The van der Waals surface area contributed by atoms with Crippen LogP contribution in [0.3, 0.4) is 0 Å². The molecule has 1 rings (SSSR count). The molecule has 0 N–H and O–H groups in total. The zero-order valence-corrected chi connectivity index (χ0v) is 9.58. The van der Waals surface area contributed by atoms with Gasteiger partial charge >= 0.3 is 11.9 Å². The predicted octanol–water partition coefficient (Wildman–Crippen LogP) is 0.828. The number of hydrogen-bond acceptors (Lipinski definition) is 5. The Morgan fingerprint density at radius 1 is 1.44 bits per heavy atom. The molecule has 1 saturated heterocycles. The third-order valence-electron chi connectivity index (χ3n) is 2.33. The van der Waals surface area contributed by atoms with Crippen molar-refractivity contribution in [2.24, 2.45) is 0 Å². The van der Waals surface area contributed by atoms with E-state index in [9.17, 15) is 9.59 Å². The molecule has 1 aliphatic rings. The van der Waals surface area contributed by atoms with E-state index in [-0.39, 0.29) is 12.4 Å². The largest absolute Gasteiger partial charge is 0.466 e. The molecule has 5 heteroatoms. The lowest BCUT2D eigenvalue weighted by atomic mass is 9.98. The van der Waals surface area contributed by atoms with Crippen LogP contribution < -0.4 is 0 Å². The fourth-order valence-corrected chi connectivity index (χ4v) is 1.45. The van der Waals surface area contributed by atoms with Crippen molar-refractivity contribution in [3.05, 3.63) is 12.2 Å². The molecule has 90 valence electrons. The van der Waals surface area contributed by atoms with Crippen LogP contribution in [0, 0.1) is 0 Å². The molecule has 0 radical (unpaired) electrons. The van der Waals surface area contributed by atoms with Gasteiger partial charge in [0.25, 0.3) is 0 Å². The number of rotatable bonds is 6. The lowest BCUT2D eigenvalue weighted by Gasteiger charge is -2.11. The van der Waals surface area contributed by atoms with Crippen molar-refractivity contribution in [2.75, 3.05) is 20.3 Å². The number of methoxy groups -OCH3 is 1. The van der Waals surface area contributed by atoms with Gasteiger partial charge in [0.2, 0.25) is 0 Å². The van der Waals surface area contributed by atoms with E-state index < -0.39 is 11.6 Å². The Morgan fingerprint density at radius 2 is 2.06 bits per heavy atom. The summed E-state index contributed by atoms with van der Waals surface area (Å²) in [5.41, 5.74) is -0.290. The Hall–Kier alpha value is -1.36. The SMILES string of the molecule is C=C(CC1(CC(=O)OCC)CO1)C(=O)OC. The molecule has 1 aliphatic heterocycles. The highest BCUT2D eigenvalue weighted by Gasteiger charge is 2.48. The zero-order valence-electron chi connectivity index (χ0n) is 9.58. The van der Waals surface area contributed by atoms with Crippen molar-refractivity contribution in [3.8, 4) is 0 Å². The second-order valence-corrected chi connectivity index (χ2v) is 3.73.